The van der Waals surface area contributed by atoms with Crippen LogP contribution in [0.4, 0.5) is 5.69 Å². The molecule has 2 rings (SSSR count). The zero-order chi connectivity index (χ0) is 17.7. The van der Waals surface area contributed by atoms with Crippen LogP contribution < -0.4 is 15.1 Å². The average molecular weight is 347 g/mol. The van der Waals surface area contributed by atoms with Gasteiger partial charge in [0.15, 0.2) is 0 Å². The number of carbonyl (C=O) groups is 1. The summed E-state index contributed by atoms with van der Waals surface area (Å²) in [4.78, 5) is 15.6. The van der Waals surface area contributed by atoms with Gasteiger partial charge >= 0.3 is 0 Å². The van der Waals surface area contributed by atoms with Gasteiger partial charge < -0.3 is 15.1 Å². The van der Waals surface area contributed by atoms with Crippen molar-refractivity contribution < 1.29 is 9.69 Å². The van der Waals surface area contributed by atoms with Gasteiger partial charge in [-0.05, 0) is 36.4 Å². The molecule has 5 heteroatoms. The summed E-state index contributed by atoms with van der Waals surface area (Å²) in [6.45, 7) is 0.575. The van der Waals surface area contributed by atoms with Gasteiger partial charge in [-0.1, -0.05) is 23.7 Å². The lowest BCUT2D eigenvalue weighted by atomic mass is 10.0. The monoisotopic (exact) mass is 346 g/mol. The van der Waals surface area contributed by atoms with Crippen molar-refractivity contribution in [1.82, 2.24) is 5.32 Å². The van der Waals surface area contributed by atoms with Crippen molar-refractivity contribution in [2.45, 2.75) is 6.04 Å². The van der Waals surface area contributed by atoms with Crippen LogP contribution in [0.3, 0.4) is 0 Å². The predicted molar refractivity (Wildman–Crippen MR) is 100 cm³/mol. The molecule has 0 aliphatic heterocycles. The first-order chi connectivity index (χ1) is 11.4. The molecule has 0 fully saturated rings. The van der Waals surface area contributed by atoms with Crippen molar-refractivity contribution in [2.24, 2.45) is 0 Å². The van der Waals surface area contributed by atoms with Crippen molar-refractivity contribution in [1.29, 1.82) is 0 Å². The van der Waals surface area contributed by atoms with Crippen molar-refractivity contribution in [3.8, 4) is 0 Å². The Morgan fingerprint density at radius 3 is 2.17 bits per heavy atom. The lowest BCUT2D eigenvalue weighted by Gasteiger charge is -2.23. The van der Waals surface area contributed by atoms with Crippen molar-refractivity contribution >= 4 is 23.2 Å². The number of benzene rings is 2. The molecule has 24 heavy (non-hydrogen) atoms. The second-order valence-corrected chi connectivity index (χ2v) is 6.77. The third kappa shape index (κ3) is 4.73. The molecule has 0 unspecified atom stereocenters. The number of likely N-dealkylation sites (N-methyl/N-ethyl adjacent to an activating group) is 1. The van der Waals surface area contributed by atoms with Gasteiger partial charge in [0.25, 0.3) is 5.91 Å². The van der Waals surface area contributed by atoms with Gasteiger partial charge in [-0.25, -0.2) is 0 Å². The van der Waals surface area contributed by atoms with E-state index in [1.54, 1.807) is 24.3 Å². The molecule has 0 saturated heterocycles. The molecule has 128 valence electrons. The predicted octanol–water partition coefficient (Wildman–Crippen LogP) is 2.02. The highest BCUT2D eigenvalue weighted by atomic mass is 35.5. The van der Waals surface area contributed by atoms with Crippen LogP contribution in [0, 0.1) is 0 Å². The molecule has 2 aromatic rings. The van der Waals surface area contributed by atoms with Crippen molar-refractivity contribution in [3.63, 3.8) is 0 Å². The van der Waals surface area contributed by atoms with Crippen LogP contribution in [0.1, 0.15) is 22.0 Å². The van der Waals surface area contributed by atoms with Gasteiger partial charge in [-0.3, -0.25) is 4.79 Å². The lowest BCUT2D eigenvalue weighted by Crippen LogP contribution is -3.07. The molecule has 1 amide bonds. The zero-order valence-electron chi connectivity index (χ0n) is 14.6. The summed E-state index contributed by atoms with van der Waals surface area (Å²) in [5.74, 6) is -0.0807. The molecule has 0 radical (unpaired) electrons. The van der Waals surface area contributed by atoms with Crippen LogP contribution in [0.25, 0.3) is 0 Å². The molecule has 4 nitrogen and oxygen atoms in total. The minimum Gasteiger partial charge on any atom is -0.378 e. The Hall–Kier alpha value is -2.04. The summed E-state index contributed by atoms with van der Waals surface area (Å²) < 4.78 is 0. The maximum atomic E-state index is 12.3. The molecule has 0 aliphatic carbocycles. The van der Waals surface area contributed by atoms with Crippen LogP contribution >= 0.6 is 11.6 Å². The van der Waals surface area contributed by atoms with Crippen molar-refractivity contribution in [2.75, 3.05) is 39.6 Å². The summed E-state index contributed by atoms with van der Waals surface area (Å²) in [6.07, 6.45) is 0. The highest BCUT2D eigenvalue weighted by molar-refractivity contribution is 6.30. The van der Waals surface area contributed by atoms with Crippen LogP contribution in [0.5, 0.6) is 0 Å². The Morgan fingerprint density at radius 1 is 1.08 bits per heavy atom. The van der Waals surface area contributed by atoms with Crippen LogP contribution in [-0.4, -0.2) is 40.6 Å². The van der Waals surface area contributed by atoms with E-state index in [1.165, 1.54) is 10.5 Å². The first-order valence-corrected chi connectivity index (χ1v) is 8.37. The van der Waals surface area contributed by atoms with E-state index in [4.69, 9.17) is 11.6 Å². The molecular weight excluding hydrogens is 322 g/mol. The van der Waals surface area contributed by atoms with Crippen molar-refractivity contribution in [3.05, 3.63) is 64.7 Å². The molecule has 1 atom stereocenters. The van der Waals surface area contributed by atoms with Gasteiger partial charge in [0.2, 0.25) is 0 Å². The van der Waals surface area contributed by atoms with E-state index in [-0.39, 0.29) is 11.9 Å². The van der Waals surface area contributed by atoms with Crippen LogP contribution in [-0.2, 0) is 0 Å². The SMILES string of the molecule is CN(C)c1ccc([C@H](CNC(=O)c2ccc(Cl)cc2)[NH+](C)C)cc1. The van der Waals surface area contributed by atoms with Crippen LogP contribution in [0.2, 0.25) is 5.02 Å². The fourth-order valence-corrected chi connectivity index (χ4v) is 2.68. The van der Waals surface area contributed by atoms with Gasteiger partial charge in [0.1, 0.15) is 6.04 Å². The maximum absolute atomic E-state index is 12.3. The summed E-state index contributed by atoms with van der Waals surface area (Å²) in [5, 5.41) is 3.65. The minimum absolute atomic E-state index is 0.0807. The Kier molecular flexibility index (Phi) is 6.23. The summed E-state index contributed by atoms with van der Waals surface area (Å²) in [7, 11) is 8.24. The maximum Gasteiger partial charge on any atom is 0.251 e. The van der Waals surface area contributed by atoms with E-state index in [9.17, 15) is 4.79 Å². The number of nitrogens with one attached hydrogen (secondary N) is 2. The third-order valence-corrected chi connectivity index (χ3v) is 4.33. The Morgan fingerprint density at radius 2 is 1.67 bits per heavy atom. The summed E-state index contributed by atoms with van der Waals surface area (Å²) >= 11 is 5.86. The topological polar surface area (TPSA) is 36.8 Å². The van der Waals surface area contributed by atoms with E-state index < -0.39 is 0 Å². The standard InChI is InChI=1S/C19H24ClN3O/c1-22(2)17-11-7-14(8-12-17)18(23(3)4)13-21-19(24)15-5-9-16(20)10-6-15/h5-12,18H,13H2,1-4H3,(H,21,24)/p+1/t18-/m0/s1. The Balaban J connectivity index is 2.05. The highest BCUT2D eigenvalue weighted by Gasteiger charge is 2.19. The number of rotatable bonds is 6. The number of anilines is 1. The fraction of sp³-hybridized carbons (Fsp3) is 0.316. The minimum atomic E-state index is -0.0807. The smallest absolute Gasteiger partial charge is 0.251 e. The number of hydrogen-bond acceptors (Lipinski definition) is 2. The second kappa shape index (κ2) is 8.18. The Bertz CT molecular complexity index is 666. The number of quaternary nitrogens is 1. The number of carbonyl (C=O) groups excluding carboxylic acids is 1. The molecular formula is C19H25ClN3O+. The molecule has 0 heterocycles. The molecule has 0 aliphatic rings. The largest absolute Gasteiger partial charge is 0.378 e. The highest BCUT2D eigenvalue weighted by Crippen LogP contribution is 2.16. The normalized spacial score (nSPS) is 12.1. The first kappa shape index (κ1) is 18.3. The van der Waals surface area contributed by atoms with E-state index in [0.29, 0.717) is 17.1 Å². The third-order valence-electron chi connectivity index (χ3n) is 4.08. The summed E-state index contributed by atoms with van der Waals surface area (Å²) in [6, 6.07) is 15.6. The molecule has 2 aromatic carbocycles. The van der Waals surface area contributed by atoms with E-state index in [0.717, 1.165) is 5.69 Å². The van der Waals surface area contributed by atoms with E-state index in [1.807, 2.05) is 14.1 Å². The average Bonchev–Trinajstić information content (AvgIpc) is 2.55. The number of nitrogens with zero attached hydrogens (tertiary/aromatic N) is 1. The first-order valence-electron chi connectivity index (χ1n) is 7.99. The molecule has 0 bridgehead atoms. The number of amides is 1. The zero-order valence-corrected chi connectivity index (χ0v) is 15.4. The molecule has 0 spiro atoms. The van der Waals surface area contributed by atoms with Crippen LogP contribution in [0.15, 0.2) is 48.5 Å². The number of hydrogen-bond donors (Lipinski definition) is 2. The summed E-state index contributed by atoms with van der Waals surface area (Å²) in [5.41, 5.74) is 2.99. The van der Waals surface area contributed by atoms with Gasteiger partial charge in [0.05, 0.1) is 20.6 Å². The molecule has 2 N–H and O–H groups in total. The van der Waals surface area contributed by atoms with Gasteiger partial charge in [0, 0.05) is 35.9 Å². The fourth-order valence-electron chi connectivity index (χ4n) is 2.56. The van der Waals surface area contributed by atoms with E-state index in [2.05, 4.69) is 48.6 Å². The van der Waals surface area contributed by atoms with Gasteiger partial charge in [-0.15, -0.1) is 0 Å². The lowest BCUT2D eigenvalue weighted by molar-refractivity contribution is -0.890. The molecule has 0 saturated carbocycles. The second-order valence-electron chi connectivity index (χ2n) is 6.33. The quantitative estimate of drug-likeness (QED) is 0.839. The van der Waals surface area contributed by atoms with Gasteiger partial charge in [-0.2, -0.15) is 0 Å². The van der Waals surface area contributed by atoms with E-state index >= 15 is 0 Å². The number of halogens is 1. The molecule has 0 aromatic heterocycles. The Labute approximate surface area is 149 Å².